The smallest absolute Gasteiger partial charge is 0.222 e. The molecule has 5 atom stereocenters. The molecule has 3 aliphatic rings. The highest BCUT2D eigenvalue weighted by Gasteiger charge is 2.68. The molecule has 0 radical (unpaired) electrons. The van der Waals surface area contributed by atoms with Crippen LogP contribution >= 0.6 is 0 Å². The minimum absolute atomic E-state index is 0.00937. The molecular formula is C27H42N2O3. The summed E-state index contributed by atoms with van der Waals surface area (Å²) in [5.74, 6) is 2.22. The third-order valence-corrected chi connectivity index (χ3v) is 8.52. The molecule has 1 saturated heterocycles. The van der Waals surface area contributed by atoms with E-state index in [4.69, 9.17) is 9.47 Å². The Hall–Kier alpha value is -1.59. The molecule has 1 aromatic rings. The molecule has 1 unspecified atom stereocenters. The largest absolute Gasteiger partial charge is 0.494 e. The Kier molecular flexibility index (Phi) is 6.36. The van der Waals surface area contributed by atoms with E-state index in [0.29, 0.717) is 18.4 Å². The third-order valence-electron chi connectivity index (χ3n) is 8.52. The molecule has 4 rings (SSSR count). The molecular weight excluding hydrogens is 400 g/mol. The lowest BCUT2D eigenvalue weighted by atomic mass is 9.58. The Bertz CT molecular complexity index is 849. The molecule has 3 fully saturated rings. The summed E-state index contributed by atoms with van der Waals surface area (Å²) in [4.78, 5) is 15.0. The van der Waals surface area contributed by atoms with E-state index in [-0.39, 0.29) is 34.8 Å². The SMILES string of the molecule is CCOc1ccc([C@H]2OCCC34C[C@@H](C[C@H]23)C(C)(C)[C@@H]4NC(=O)C(C)C)cc1CN(C)C. The van der Waals surface area contributed by atoms with Crippen molar-refractivity contribution in [3.63, 3.8) is 0 Å². The van der Waals surface area contributed by atoms with Crippen LogP contribution in [0.15, 0.2) is 18.2 Å². The molecule has 1 amide bonds. The zero-order chi connectivity index (χ0) is 23.3. The van der Waals surface area contributed by atoms with Gasteiger partial charge in [0.1, 0.15) is 5.75 Å². The van der Waals surface area contributed by atoms with Crippen LogP contribution < -0.4 is 10.1 Å². The van der Waals surface area contributed by atoms with E-state index in [2.05, 4.69) is 56.4 Å². The van der Waals surface area contributed by atoms with E-state index in [1.54, 1.807) is 0 Å². The van der Waals surface area contributed by atoms with Crippen LogP contribution in [0.5, 0.6) is 5.75 Å². The normalized spacial score (nSPS) is 32.9. The molecule has 0 aromatic heterocycles. The first-order valence-electron chi connectivity index (χ1n) is 12.4. The number of nitrogens with one attached hydrogen (secondary N) is 1. The first-order chi connectivity index (χ1) is 15.1. The fourth-order valence-corrected chi connectivity index (χ4v) is 6.96. The lowest BCUT2D eigenvalue weighted by molar-refractivity contribution is -0.139. The van der Waals surface area contributed by atoms with Crippen molar-refractivity contribution >= 4 is 5.91 Å². The average Bonchev–Trinajstić information content (AvgIpc) is 3.21. The maximum absolute atomic E-state index is 12.8. The van der Waals surface area contributed by atoms with Gasteiger partial charge in [-0.05, 0) is 80.6 Å². The van der Waals surface area contributed by atoms with Crippen LogP contribution in [0, 0.1) is 28.6 Å². The highest BCUT2D eigenvalue weighted by molar-refractivity contribution is 5.78. The molecule has 2 aliphatic carbocycles. The van der Waals surface area contributed by atoms with Gasteiger partial charge >= 0.3 is 0 Å². The summed E-state index contributed by atoms with van der Waals surface area (Å²) in [5.41, 5.74) is 2.72. The number of carbonyl (C=O) groups is 1. The number of fused-ring (bicyclic) bond motifs is 1. The number of ether oxygens (including phenoxy) is 2. The molecule has 1 aromatic carbocycles. The van der Waals surface area contributed by atoms with Gasteiger partial charge in [-0.2, -0.15) is 0 Å². The number of nitrogens with zero attached hydrogens (tertiary/aromatic N) is 1. The molecule has 5 nitrogen and oxygen atoms in total. The van der Waals surface area contributed by atoms with E-state index in [1.165, 1.54) is 24.0 Å². The number of hydrogen-bond donors (Lipinski definition) is 1. The Morgan fingerprint density at radius 2 is 2.06 bits per heavy atom. The van der Waals surface area contributed by atoms with Gasteiger partial charge in [-0.25, -0.2) is 0 Å². The molecule has 2 saturated carbocycles. The van der Waals surface area contributed by atoms with Crippen molar-refractivity contribution in [1.29, 1.82) is 0 Å². The number of amides is 1. The Labute approximate surface area is 194 Å². The van der Waals surface area contributed by atoms with Crippen LogP contribution in [0.2, 0.25) is 0 Å². The van der Waals surface area contributed by atoms with Crippen LogP contribution in [0.1, 0.15) is 71.1 Å². The van der Waals surface area contributed by atoms with Crippen LogP contribution in [0.4, 0.5) is 0 Å². The second-order valence-electron chi connectivity index (χ2n) is 11.5. The summed E-state index contributed by atoms with van der Waals surface area (Å²) in [6.07, 6.45) is 3.51. The Morgan fingerprint density at radius 3 is 2.72 bits per heavy atom. The van der Waals surface area contributed by atoms with Crippen molar-refractivity contribution in [2.45, 2.75) is 72.6 Å². The van der Waals surface area contributed by atoms with Crippen LogP contribution in [-0.2, 0) is 16.1 Å². The van der Waals surface area contributed by atoms with Gasteiger partial charge in [0.2, 0.25) is 5.91 Å². The lowest BCUT2D eigenvalue weighted by Crippen LogP contribution is -2.59. The molecule has 178 valence electrons. The quantitative estimate of drug-likeness (QED) is 0.659. The van der Waals surface area contributed by atoms with E-state index >= 15 is 0 Å². The van der Waals surface area contributed by atoms with Gasteiger partial charge in [0.05, 0.1) is 12.7 Å². The van der Waals surface area contributed by atoms with Crippen molar-refractivity contribution in [2.24, 2.45) is 28.6 Å². The zero-order valence-electron chi connectivity index (χ0n) is 21.0. The monoisotopic (exact) mass is 442 g/mol. The van der Waals surface area contributed by atoms with E-state index < -0.39 is 0 Å². The van der Waals surface area contributed by atoms with Crippen LogP contribution in [0.3, 0.4) is 0 Å². The van der Waals surface area contributed by atoms with Crippen molar-refractivity contribution < 1.29 is 14.3 Å². The van der Waals surface area contributed by atoms with Gasteiger partial charge in [-0.15, -0.1) is 0 Å². The minimum atomic E-state index is 0.00937. The third kappa shape index (κ3) is 3.86. The molecule has 5 heteroatoms. The Balaban J connectivity index is 1.67. The first-order valence-corrected chi connectivity index (χ1v) is 12.4. The maximum atomic E-state index is 12.8. The molecule has 32 heavy (non-hydrogen) atoms. The lowest BCUT2D eigenvalue weighted by Gasteiger charge is -2.53. The first kappa shape index (κ1) is 23.6. The average molecular weight is 443 g/mol. The van der Waals surface area contributed by atoms with E-state index in [9.17, 15) is 4.79 Å². The summed E-state index contributed by atoms with van der Waals surface area (Å²) in [5, 5.41) is 3.50. The number of hydrogen-bond acceptors (Lipinski definition) is 4. The van der Waals surface area contributed by atoms with Gasteiger partial charge < -0.3 is 19.7 Å². The second kappa shape index (κ2) is 8.64. The van der Waals surface area contributed by atoms with E-state index in [1.807, 2.05) is 20.8 Å². The predicted molar refractivity (Wildman–Crippen MR) is 128 cm³/mol. The molecule has 1 aliphatic heterocycles. The zero-order valence-corrected chi connectivity index (χ0v) is 21.0. The van der Waals surface area contributed by atoms with E-state index in [0.717, 1.165) is 25.3 Å². The molecule has 1 spiro atoms. The number of rotatable bonds is 7. The van der Waals surface area contributed by atoms with Crippen LogP contribution in [-0.4, -0.2) is 44.2 Å². The van der Waals surface area contributed by atoms with Crippen molar-refractivity contribution in [1.82, 2.24) is 10.2 Å². The Morgan fingerprint density at radius 1 is 1.31 bits per heavy atom. The summed E-state index contributed by atoms with van der Waals surface area (Å²) in [7, 11) is 4.18. The molecule has 2 bridgehead atoms. The summed E-state index contributed by atoms with van der Waals surface area (Å²) in [6, 6.07) is 6.83. The molecule has 1 heterocycles. The maximum Gasteiger partial charge on any atom is 0.222 e. The second-order valence-corrected chi connectivity index (χ2v) is 11.5. The van der Waals surface area contributed by atoms with Gasteiger partial charge in [-0.3, -0.25) is 4.79 Å². The number of benzene rings is 1. The fraction of sp³-hybridized carbons (Fsp3) is 0.741. The molecule has 1 N–H and O–H groups in total. The van der Waals surface area contributed by atoms with Crippen LogP contribution in [0.25, 0.3) is 0 Å². The highest BCUT2D eigenvalue weighted by Crippen LogP contribution is 2.70. The van der Waals surface area contributed by atoms with Gasteiger partial charge in [0, 0.05) is 30.7 Å². The minimum Gasteiger partial charge on any atom is -0.494 e. The van der Waals surface area contributed by atoms with Gasteiger partial charge in [0.25, 0.3) is 0 Å². The van der Waals surface area contributed by atoms with Gasteiger partial charge in [-0.1, -0.05) is 33.8 Å². The number of carbonyl (C=O) groups excluding carboxylic acids is 1. The van der Waals surface area contributed by atoms with Gasteiger partial charge in [0.15, 0.2) is 0 Å². The van der Waals surface area contributed by atoms with Crippen molar-refractivity contribution in [2.75, 3.05) is 27.3 Å². The van der Waals surface area contributed by atoms with Crippen molar-refractivity contribution in [3.05, 3.63) is 29.3 Å². The predicted octanol–water partition coefficient (Wildman–Crippen LogP) is 4.80. The standard InChI is InChI=1S/C27H42N2O3/c1-8-31-22-10-9-18(13-19(22)16-29(6)7)23-21-14-20-15-27(21,11-12-32-23)25(26(20,4)5)28-24(30)17(2)3/h9-10,13,17,20-21,23,25H,8,11-12,14-16H2,1-7H3,(H,28,30)/t20-,21-,23-,25+,27?/m1/s1. The fourth-order valence-electron chi connectivity index (χ4n) is 6.96. The summed E-state index contributed by atoms with van der Waals surface area (Å²) >= 11 is 0. The summed E-state index contributed by atoms with van der Waals surface area (Å²) in [6.45, 7) is 13.0. The highest BCUT2D eigenvalue weighted by atomic mass is 16.5. The topological polar surface area (TPSA) is 50.8 Å². The summed E-state index contributed by atoms with van der Waals surface area (Å²) < 4.78 is 12.4. The van der Waals surface area contributed by atoms with Crippen molar-refractivity contribution in [3.8, 4) is 5.75 Å².